The molecule has 2 heterocycles. The summed E-state index contributed by atoms with van der Waals surface area (Å²) in [6.45, 7) is 0.621. The zero-order valence-electron chi connectivity index (χ0n) is 13.9. The van der Waals surface area contributed by atoms with Crippen LogP contribution in [0.1, 0.15) is 16.8 Å². The number of anilines is 1. The topological polar surface area (TPSA) is 74.8 Å². The lowest BCUT2D eigenvalue weighted by Crippen LogP contribution is -2.47. The molecule has 2 aromatic rings. The van der Waals surface area contributed by atoms with E-state index in [1.807, 2.05) is 0 Å². The van der Waals surface area contributed by atoms with Gasteiger partial charge in [-0.3, -0.25) is 4.79 Å². The second kappa shape index (κ2) is 7.57. The molecule has 1 N–H and O–H groups in total. The van der Waals surface area contributed by atoms with E-state index in [1.165, 1.54) is 35.5 Å². The van der Waals surface area contributed by atoms with Crippen LogP contribution in [0.15, 0.2) is 36.5 Å². The van der Waals surface area contributed by atoms with Crippen molar-refractivity contribution in [1.29, 1.82) is 0 Å². The molecule has 0 radical (unpaired) electrons. The number of hydrazine groups is 1. The summed E-state index contributed by atoms with van der Waals surface area (Å²) in [5, 5.41) is 5.53. The molecule has 136 valence electrons. The van der Waals surface area contributed by atoms with Crippen molar-refractivity contribution in [3.63, 3.8) is 0 Å². The average molecular weight is 379 g/mol. The maximum atomic E-state index is 13.8. The van der Waals surface area contributed by atoms with Gasteiger partial charge in [-0.25, -0.2) is 19.8 Å². The number of hydrogen-bond acceptors (Lipinski definition) is 4. The van der Waals surface area contributed by atoms with Crippen LogP contribution in [0.25, 0.3) is 0 Å². The fourth-order valence-electron chi connectivity index (χ4n) is 2.68. The number of halogens is 2. The number of hydrogen-bond donors (Lipinski definition) is 1. The number of pyridine rings is 1. The van der Waals surface area contributed by atoms with Gasteiger partial charge in [-0.2, -0.15) is 4.39 Å². The highest BCUT2D eigenvalue weighted by molar-refractivity contribution is 6.31. The van der Waals surface area contributed by atoms with Crippen LogP contribution < -0.4 is 10.1 Å². The Labute approximate surface area is 154 Å². The van der Waals surface area contributed by atoms with Crippen LogP contribution in [0.3, 0.4) is 0 Å². The SMILES string of the molecule is COc1ccc(Cl)cc1NC(=O)N1CCCN1C(=O)c1cccnc1F. The Morgan fingerprint density at radius 2 is 2.04 bits per heavy atom. The van der Waals surface area contributed by atoms with Crippen LogP contribution in [-0.4, -0.2) is 47.1 Å². The number of methoxy groups -OCH3 is 1. The lowest BCUT2D eigenvalue weighted by molar-refractivity contribution is 0.0398. The molecule has 0 saturated carbocycles. The molecule has 1 aromatic carbocycles. The van der Waals surface area contributed by atoms with Crippen molar-refractivity contribution in [3.8, 4) is 5.75 Å². The van der Waals surface area contributed by atoms with Gasteiger partial charge in [-0.15, -0.1) is 0 Å². The van der Waals surface area contributed by atoms with Crippen LogP contribution >= 0.6 is 11.6 Å². The Balaban J connectivity index is 1.80. The van der Waals surface area contributed by atoms with E-state index in [2.05, 4.69) is 10.3 Å². The monoisotopic (exact) mass is 378 g/mol. The van der Waals surface area contributed by atoms with E-state index < -0.39 is 17.9 Å². The third kappa shape index (κ3) is 3.55. The van der Waals surface area contributed by atoms with Crippen molar-refractivity contribution in [3.05, 3.63) is 53.1 Å². The third-order valence-electron chi connectivity index (χ3n) is 3.89. The number of urea groups is 1. The summed E-state index contributed by atoms with van der Waals surface area (Å²) in [6, 6.07) is 7.05. The largest absolute Gasteiger partial charge is 0.495 e. The van der Waals surface area contributed by atoms with Crippen molar-refractivity contribution in [2.45, 2.75) is 6.42 Å². The minimum atomic E-state index is -0.874. The van der Waals surface area contributed by atoms with E-state index in [-0.39, 0.29) is 5.56 Å². The smallest absolute Gasteiger partial charge is 0.340 e. The molecule has 0 aliphatic carbocycles. The van der Waals surface area contributed by atoms with Gasteiger partial charge in [0.1, 0.15) is 5.75 Å². The van der Waals surface area contributed by atoms with Crippen LogP contribution in [0, 0.1) is 5.95 Å². The minimum Gasteiger partial charge on any atom is -0.495 e. The molecule has 1 aliphatic rings. The number of nitrogens with zero attached hydrogens (tertiary/aromatic N) is 3. The zero-order chi connectivity index (χ0) is 18.7. The number of benzene rings is 1. The van der Waals surface area contributed by atoms with E-state index in [0.29, 0.717) is 36.0 Å². The number of nitrogens with one attached hydrogen (secondary N) is 1. The lowest BCUT2D eigenvalue weighted by Gasteiger charge is -2.28. The van der Waals surface area contributed by atoms with Crippen molar-refractivity contribution in [2.24, 2.45) is 0 Å². The van der Waals surface area contributed by atoms with Gasteiger partial charge in [0.15, 0.2) is 0 Å². The standard InChI is InChI=1S/C17H16ClFN4O3/c1-26-14-6-5-11(18)10-13(14)21-17(25)23-9-3-8-22(23)16(24)12-4-2-7-20-15(12)19/h2,4-7,10H,3,8-9H2,1H3,(H,21,25). The van der Waals surface area contributed by atoms with Gasteiger partial charge in [-0.1, -0.05) is 11.6 Å². The molecule has 0 bridgehead atoms. The Morgan fingerprint density at radius 3 is 2.77 bits per heavy atom. The molecule has 26 heavy (non-hydrogen) atoms. The molecular weight excluding hydrogens is 363 g/mol. The van der Waals surface area contributed by atoms with Gasteiger partial charge in [-0.05, 0) is 36.8 Å². The summed E-state index contributed by atoms with van der Waals surface area (Å²) in [7, 11) is 1.47. The Hall–Kier alpha value is -2.87. The maximum Gasteiger partial charge on any atom is 0.340 e. The summed E-state index contributed by atoms with van der Waals surface area (Å²) >= 11 is 5.96. The van der Waals surface area contributed by atoms with Crippen LogP contribution in [0.2, 0.25) is 5.02 Å². The fourth-order valence-corrected chi connectivity index (χ4v) is 2.85. The van der Waals surface area contributed by atoms with Crippen molar-refractivity contribution in [2.75, 3.05) is 25.5 Å². The molecule has 1 saturated heterocycles. The molecule has 0 spiro atoms. The molecule has 1 aromatic heterocycles. The molecule has 1 fully saturated rings. The fraction of sp³-hybridized carbons (Fsp3) is 0.235. The second-order valence-corrected chi connectivity index (χ2v) is 5.96. The number of rotatable bonds is 3. The number of amides is 3. The predicted octanol–water partition coefficient (Wildman–Crippen LogP) is 3.18. The maximum absolute atomic E-state index is 13.8. The van der Waals surface area contributed by atoms with Crippen LogP contribution in [0.5, 0.6) is 5.75 Å². The normalized spacial score (nSPS) is 13.7. The van der Waals surface area contributed by atoms with E-state index in [0.717, 1.165) is 0 Å². The number of ether oxygens (including phenoxy) is 1. The first-order chi connectivity index (χ1) is 12.5. The number of carbonyl (C=O) groups is 2. The highest BCUT2D eigenvalue weighted by atomic mass is 35.5. The van der Waals surface area contributed by atoms with Gasteiger partial charge in [0.25, 0.3) is 5.91 Å². The molecule has 1 aliphatic heterocycles. The Kier molecular flexibility index (Phi) is 5.22. The average Bonchev–Trinajstić information content (AvgIpc) is 3.11. The zero-order valence-corrected chi connectivity index (χ0v) is 14.7. The second-order valence-electron chi connectivity index (χ2n) is 5.52. The van der Waals surface area contributed by atoms with Crippen molar-refractivity contribution >= 4 is 29.2 Å². The Bertz CT molecular complexity index is 849. The summed E-state index contributed by atoms with van der Waals surface area (Å²) in [5.41, 5.74) is 0.185. The van der Waals surface area contributed by atoms with Crippen LogP contribution in [0.4, 0.5) is 14.9 Å². The first kappa shape index (κ1) is 17.9. The summed E-state index contributed by atoms with van der Waals surface area (Å²) in [5.74, 6) is -1.07. The quantitative estimate of drug-likeness (QED) is 0.832. The molecule has 7 nitrogen and oxygen atoms in total. The third-order valence-corrected chi connectivity index (χ3v) is 4.13. The predicted molar refractivity (Wildman–Crippen MR) is 93.6 cm³/mol. The first-order valence-electron chi connectivity index (χ1n) is 7.85. The van der Waals surface area contributed by atoms with Gasteiger partial charge in [0.05, 0.1) is 18.4 Å². The lowest BCUT2D eigenvalue weighted by atomic mass is 10.2. The summed E-state index contributed by atoms with van der Waals surface area (Å²) < 4.78 is 19.0. The van der Waals surface area contributed by atoms with Gasteiger partial charge >= 0.3 is 6.03 Å². The first-order valence-corrected chi connectivity index (χ1v) is 8.23. The number of carbonyl (C=O) groups excluding carboxylic acids is 2. The van der Waals surface area contributed by atoms with E-state index in [1.54, 1.807) is 18.2 Å². The van der Waals surface area contributed by atoms with E-state index in [9.17, 15) is 14.0 Å². The molecule has 0 unspecified atom stereocenters. The summed E-state index contributed by atoms with van der Waals surface area (Å²) in [4.78, 5) is 28.7. The highest BCUT2D eigenvalue weighted by Crippen LogP contribution is 2.28. The molecule has 3 amide bonds. The Morgan fingerprint density at radius 1 is 1.27 bits per heavy atom. The van der Waals surface area contributed by atoms with E-state index >= 15 is 0 Å². The molecule has 3 rings (SSSR count). The van der Waals surface area contributed by atoms with Crippen molar-refractivity contribution in [1.82, 2.24) is 15.0 Å². The summed E-state index contributed by atoms with van der Waals surface area (Å²) in [6.07, 6.45) is 1.83. The molecule has 0 atom stereocenters. The number of aromatic nitrogens is 1. The van der Waals surface area contributed by atoms with E-state index in [4.69, 9.17) is 16.3 Å². The molecule has 9 heteroatoms. The van der Waals surface area contributed by atoms with Crippen molar-refractivity contribution < 1.29 is 18.7 Å². The van der Waals surface area contributed by atoms with Gasteiger partial charge in [0, 0.05) is 24.3 Å². The highest BCUT2D eigenvalue weighted by Gasteiger charge is 2.33. The molecular formula is C17H16ClFN4O3. The van der Waals surface area contributed by atoms with Gasteiger partial charge in [0.2, 0.25) is 5.95 Å². The van der Waals surface area contributed by atoms with Gasteiger partial charge < -0.3 is 10.1 Å². The minimum absolute atomic E-state index is 0.187. The van der Waals surface area contributed by atoms with Crippen LogP contribution in [-0.2, 0) is 0 Å².